The van der Waals surface area contributed by atoms with Crippen molar-refractivity contribution in [3.8, 4) is 0 Å². The zero-order valence-corrected chi connectivity index (χ0v) is 9.73. The Morgan fingerprint density at radius 3 is 2.71 bits per heavy atom. The van der Waals surface area contributed by atoms with Gasteiger partial charge in [-0.3, -0.25) is 0 Å². The highest BCUT2D eigenvalue weighted by molar-refractivity contribution is 7.89. The summed E-state index contributed by atoms with van der Waals surface area (Å²) in [4.78, 5) is 0. The Kier molecular flexibility index (Phi) is 4.34. The van der Waals surface area contributed by atoms with Gasteiger partial charge in [-0.15, -0.1) is 0 Å². The molecule has 0 radical (unpaired) electrons. The lowest BCUT2D eigenvalue weighted by atomic mass is 10.2. The van der Waals surface area contributed by atoms with Crippen molar-refractivity contribution in [2.45, 2.75) is 32.7 Å². The molecule has 0 aromatic rings. The third-order valence-corrected chi connectivity index (χ3v) is 3.84. The molecule has 0 spiro atoms. The number of hydrogen-bond donors (Lipinski definition) is 2. The first-order chi connectivity index (χ1) is 6.49. The van der Waals surface area contributed by atoms with Gasteiger partial charge in [0.1, 0.15) is 0 Å². The van der Waals surface area contributed by atoms with Crippen LogP contribution in [0.4, 0.5) is 0 Å². The Hall–Kier alpha value is -0.130. The van der Waals surface area contributed by atoms with Crippen LogP contribution in [0.2, 0.25) is 0 Å². The van der Waals surface area contributed by atoms with Crippen LogP contribution in [0.25, 0.3) is 0 Å². The lowest BCUT2D eigenvalue weighted by Gasteiger charge is -2.12. The van der Waals surface area contributed by atoms with E-state index < -0.39 is 10.0 Å². The molecule has 0 amide bonds. The average molecular weight is 220 g/mol. The van der Waals surface area contributed by atoms with E-state index in [9.17, 15) is 8.42 Å². The topological polar surface area (TPSA) is 58.2 Å². The molecule has 2 N–H and O–H groups in total. The highest BCUT2D eigenvalue weighted by atomic mass is 32.2. The van der Waals surface area contributed by atoms with E-state index in [2.05, 4.69) is 10.0 Å². The monoisotopic (exact) mass is 220 g/mol. The van der Waals surface area contributed by atoms with Gasteiger partial charge < -0.3 is 5.32 Å². The standard InChI is InChI=1S/C9H20N2O2S/c1-8(2)4-6-14(12,13)11-9-3-5-10-7-9/h8-11H,3-7H2,1-2H3/t9-/m0/s1. The zero-order valence-electron chi connectivity index (χ0n) is 8.91. The molecule has 84 valence electrons. The normalized spacial score (nSPS) is 23.2. The van der Waals surface area contributed by atoms with Crippen molar-refractivity contribution in [2.24, 2.45) is 5.92 Å². The van der Waals surface area contributed by atoms with Crippen LogP contribution >= 0.6 is 0 Å². The summed E-state index contributed by atoms with van der Waals surface area (Å²) in [6, 6.07) is 0.104. The number of hydrogen-bond acceptors (Lipinski definition) is 3. The summed E-state index contributed by atoms with van der Waals surface area (Å²) in [6.07, 6.45) is 1.64. The second-order valence-corrected chi connectivity index (χ2v) is 6.18. The van der Waals surface area contributed by atoms with Crippen LogP contribution in [0, 0.1) is 5.92 Å². The summed E-state index contributed by atoms with van der Waals surface area (Å²) in [5, 5.41) is 3.13. The highest BCUT2D eigenvalue weighted by Gasteiger charge is 2.20. The third-order valence-electron chi connectivity index (χ3n) is 2.37. The molecular weight excluding hydrogens is 200 g/mol. The molecule has 0 bridgehead atoms. The van der Waals surface area contributed by atoms with Crippen molar-refractivity contribution >= 4 is 10.0 Å². The van der Waals surface area contributed by atoms with Crippen LogP contribution in [0.1, 0.15) is 26.7 Å². The van der Waals surface area contributed by atoms with E-state index in [-0.39, 0.29) is 11.8 Å². The summed E-state index contributed by atoms with van der Waals surface area (Å²) < 4.78 is 25.8. The van der Waals surface area contributed by atoms with Crippen molar-refractivity contribution in [3.63, 3.8) is 0 Å². The quantitative estimate of drug-likeness (QED) is 0.701. The fourth-order valence-electron chi connectivity index (χ4n) is 1.46. The minimum absolute atomic E-state index is 0.104. The van der Waals surface area contributed by atoms with Crippen LogP contribution in [-0.2, 0) is 10.0 Å². The molecule has 1 heterocycles. The molecule has 0 aromatic heterocycles. The first-order valence-electron chi connectivity index (χ1n) is 5.20. The van der Waals surface area contributed by atoms with Gasteiger partial charge in [-0.05, 0) is 25.3 Å². The summed E-state index contributed by atoms with van der Waals surface area (Å²) in [7, 11) is -3.05. The predicted octanol–water partition coefficient (Wildman–Crippen LogP) is 0.314. The van der Waals surface area contributed by atoms with E-state index in [1.165, 1.54) is 0 Å². The van der Waals surface area contributed by atoms with Crippen molar-refractivity contribution in [2.75, 3.05) is 18.8 Å². The molecule has 0 saturated carbocycles. The van der Waals surface area contributed by atoms with Crippen molar-refractivity contribution in [1.29, 1.82) is 0 Å². The van der Waals surface area contributed by atoms with Gasteiger partial charge >= 0.3 is 0 Å². The lowest BCUT2D eigenvalue weighted by Crippen LogP contribution is -2.37. The van der Waals surface area contributed by atoms with Crippen LogP contribution in [0.3, 0.4) is 0 Å². The summed E-state index contributed by atoms with van der Waals surface area (Å²) in [5.41, 5.74) is 0. The molecule has 0 aliphatic carbocycles. The number of nitrogens with one attached hydrogen (secondary N) is 2. The molecule has 1 aliphatic heterocycles. The molecule has 1 aliphatic rings. The van der Waals surface area contributed by atoms with Crippen LogP contribution in [0.15, 0.2) is 0 Å². The van der Waals surface area contributed by atoms with Crippen molar-refractivity contribution in [1.82, 2.24) is 10.0 Å². The zero-order chi connectivity index (χ0) is 10.6. The van der Waals surface area contributed by atoms with Crippen LogP contribution < -0.4 is 10.0 Å². The predicted molar refractivity (Wildman–Crippen MR) is 57.7 cm³/mol. The fraction of sp³-hybridized carbons (Fsp3) is 1.00. The second kappa shape index (κ2) is 5.09. The highest BCUT2D eigenvalue weighted by Crippen LogP contribution is 2.04. The Balaban J connectivity index is 2.33. The van der Waals surface area contributed by atoms with Crippen molar-refractivity contribution < 1.29 is 8.42 Å². The molecule has 1 rings (SSSR count). The number of rotatable bonds is 5. The Bertz CT molecular complexity index is 256. The SMILES string of the molecule is CC(C)CCS(=O)(=O)N[C@H]1CCNC1. The maximum Gasteiger partial charge on any atom is 0.211 e. The van der Waals surface area contributed by atoms with Gasteiger partial charge in [-0.25, -0.2) is 13.1 Å². The molecular formula is C9H20N2O2S. The molecule has 1 fully saturated rings. The summed E-state index contributed by atoms with van der Waals surface area (Å²) >= 11 is 0. The smallest absolute Gasteiger partial charge is 0.211 e. The molecule has 4 nitrogen and oxygen atoms in total. The third kappa shape index (κ3) is 4.39. The van der Waals surface area contributed by atoms with Gasteiger partial charge in [0.25, 0.3) is 0 Å². The van der Waals surface area contributed by atoms with E-state index in [4.69, 9.17) is 0 Å². The summed E-state index contributed by atoms with van der Waals surface area (Å²) in [5.74, 6) is 0.689. The minimum Gasteiger partial charge on any atom is -0.315 e. The maximum atomic E-state index is 11.6. The van der Waals surface area contributed by atoms with Gasteiger partial charge in [0.05, 0.1) is 5.75 Å². The van der Waals surface area contributed by atoms with E-state index >= 15 is 0 Å². The first-order valence-corrected chi connectivity index (χ1v) is 6.85. The van der Waals surface area contributed by atoms with Crippen LogP contribution in [-0.4, -0.2) is 33.3 Å². The molecule has 0 unspecified atom stereocenters. The average Bonchev–Trinajstić information content (AvgIpc) is 2.53. The van der Waals surface area contributed by atoms with E-state index in [0.29, 0.717) is 5.92 Å². The van der Waals surface area contributed by atoms with Gasteiger partial charge in [-0.1, -0.05) is 13.8 Å². The maximum absolute atomic E-state index is 11.6. The molecule has 1 atom stereocenters. The lowest BCUT2D eigenvalue weighted by molar-refractivity contribution is 0.545. The minimum atomic E-state index is -3.05. The summed E-state index contributed by atoms with van der Waals surface area (Å²) in [6.45, 7) is 5.75. The first kappa shape index (κ1) is 11.9. The Morgan fingerprint density at radius 2 is 2.21 bits per heavy atom. The van der Waals surface area contributed by atoms with Crippen LogP contribution in [0.5, 0.6) is 0 Å². The van der Waals surface area contributed by atoms with Gasteiger partial charge in [0, 0.05) is 12.6 Å². The van der Waals surface area contributed by atoms with E-state index in [1.807, 2.05) is 13.8 Å². The number of sulfonamides is 1. The molecule has 5 heteroatoms. The van der Waals surface area contributed by atoms with Gasteiger partial charge in [0.15, 0.2) is 0 Å². The van der Waals surface area contributed by atoms with Crippen molar-refractivity contribution in [3.05, 3.63) is 0 Å². The molecule has 1 saturated heterocycles. The van der Waals surface area contributed by atoms with E-state index in [0.717, 1.165) is 25.9 Å². The fourth-order valence-corrected chi connectivity index (χ4v) is 3.07. The largest absolute Gasteiger partial charge is 0.315 e. The second-order valence-electron chi connectivity index (χ2n) is 4.31. The Labute approximate surface area is 86.5 Å². The Morgan fingerprint density at radius 1 is 1.50 bits per heavy atom. The van der Waals surface area contributed by atoms with E-state index in [1.54, 1.807) is 0 Å². The molecule has 14 heavy (non-hydrogen) atoms. The van der Waals surface area contributed by atoms with Gasteiger partial charge in [0.2, 0.25) is 10.0 Å². The molecule has 0 aromatic carbocycles. The van der Waals surface area contributed by atoms with Gasteiger partial charge in [-0.2, -0.15) is 0 Å².